The molecule has 0 spiro atoms. The van der Waals surface area contributed by atoms with E-state index >= 15 is 0 Å². The van der Waals surface area contributed by atoms with Crippen LogP contribution < -0.4 is 5.32 Å². The molecule has 1 amide bonds. The summed E-state index contributed by atoms with van der Waals surface area (Å²) in [6.45, 7) is 2.72. The Kier molecular flexibility index (Phi) is 3.69. The van der Waals surface area contributed by atoms with E-state index in [1.54, 1.807) is 18.6 Å². The van der Waals surface area contributed by atoms with E-state index in [1.165, 1.54) is 11.1 Å². The van der Waals surface area contributed by atoms with Gasteiger partial charge < -0.3 is 9.72 Å². The fraction of sp³-hybridized carbons (Fsp3) is 0.176. The molecule has 0 bridgehead atoms. The molecule has 0 atom stereocenters. The van der Waals surface area contributed by atoms with Crippen molar-refractivity contribution in [3.63, 3.8) is 0 Å². The van der Waals surface area contributed by atoms with E-state index in [-0.39, 0.29) is 5.91 Å². The molecule has 106 valence electrons. The largest absolute Gasteiger partial charge is 0.352 e. The van der Waals surface area contributed by atoms with Crippen LogP contribution in [0.1, 0.15) is 21.5 Å². The van der Waals surface area contributed by atoms with Crippen molar-refractivity contribution >= 4 is 11.4 Å². The maximum absolute atomic E-state index is 12.1. The predicted octanol–water partition coefficient (Wildman–Crippen LogP) is 2.62. The van der Waals surface area contributed by atoms with Crippen LogP contribution in [0.2, 0.25) is 0 Å². The number of aromatic nitrogens is 2. The van der Waals surface area contributed by atoms with Gasteiger partial charge in [-0.1, -0.05) is 24.3 Å². The minimum Gasteiger partial charge on any atom is -0.352 e. The Labute approximate surface area is 123 Å². The van der Waals surface area contributed by atoms with Gasteiger partial charge in [-0.2, -0.15) is 0 Å². The zero-order valence-electron chi connectivity index (χ0n) is 11.9. The highest BCUT2D eigenvalue weighted by Crippen LogP contribution is 2.08. The third-order valence-electron chi connectivity index (χ3n) is 3.62. The highest BCUT2D eigenvalue weighted by molar-refractivity contribution is 5.95. The number of fused-ring (bicyclic) bond motifs is 1. The average molecular weight is 279 g/mol. The number of rotatable bonds is 4. The lowest BCUT2D eigenvalue weighted by Gasteiger charge is -2.08. The van der Waals surface area contributed by atoms with E-state index < -0.39 is 0 Å². The van der Waals surface area contributed by atoms with Crippen LogP contribution in [0, 0.1) is 6.92 Å². The molecule has 3 aromatic rings. The molecule has 4 nitrogen and oxygen atoms in total. The Morgan fingerprint density at radius 1 is 1.29 bits per heavy atom. The van der Waals surface area contributed by atoms with Gasteiger partial charge in [-0.25, -0.2) is 4.98 Å². The van der Waals surface area contributed by atoms with Crippen molar-refractivity contribution in [1.29, 1.82) is 0 Å². The number of nitrogens with zero attached hydrogens (tertiary/aromatic N) is 2. The van der Waals surface area contributed by atoms with E-state index in [0.29, 0.717) is 12.1 Å². The molecule has 1 aromatic carbocycles. The summed E-state index contributed by atoms with van der Waals surface area (Å²) >= 11 is 0. The zero-order valence-corrected chi connectivity index (χ0v) is 11.9. The lowest BCUT2D eigenvalue weighted by atomic mass is 10.1. The molecular weight excluding hydrogens is 262 g/mol. The molecule has 1 N–H and O–H groups in total. The first-order chi connectivity index (χ1) is 10.2. The fourth-order valence-electron chi connectivity index (χ4n) is 2.36. The lowest BCUT2D eigenvalue weighted by Crippen LogP contribution is -2.25. The second kappa shape index (κ2) is 5.79. The van der Waals surface area contributed by atoms with Crippen LogP contribution in [0.4, 0.5) is 0 Å². The van der Waals surface area contributed by atoms with Crippen molar-refractivity contribution in [3.8, 4) is 0 Å². The van der Waals surface area contributed by atoms with Gasteiger partial charge in [-0.3, -0.25) is 4.79 Å². The van der Waals surface area contributed by atoms with E-state index in [1.807, 2.05) is 28.8 Å². The monoisotopic (exact) mass is 279 g/mol. The Hall–Kier alpha value is -2.62. The van der Waals surface area contributed by atoms with Crippen molar-refractivity contribution in [3.05, 3.63) is 71.8 Å². The van der Waals surface area contributed by atoms with Crippen LogP contribution in [0.25, 0.3) is 5.52 Å². The van der Waals surface area contributed by atoms with Crippen LogP contribution in [0.15, 0.2) is 55.1 Å². The van der Waals surface area contributed by atoms with Crippen molar-refractivity contribution in [2.45, 2.75) is 13.3 Å². The second-order valence-corrected chi connectivity index (χ2v) is 5.07. The molecular formula is C17H17N3O. The number of nitrogens with one attached hydrogen (secondary N) is 1. The van der Waals surface area contributed by atoms with Gasteiger partial charge in [0, 0.05) is 18.3 Å². The summed E-state index contributed by atoms with van der Waals surface area (Å²) in [5, 5.41) is 2.96. The topological polar surface area (TPSA) is 46.4 Å². The van der Waals surface area contributed by atoms with Gasteiger partial charge in [0.2, 0.25) is 0 Å². The van der Waals surface area contributed by atoms with Crippen LogP contribution in [-0.4, -0.2) is 21.8 Å². The summed E-state index contributed by atoms with van der Waals surface area (Å²) in [5.74, 6) is -0.0488. The molecule has 21 heavy (non-hydrogen) atoms. The van der Waals surface area contributed by atoms with E-state index in [9.17, 15) is 4.79 Å². The van der Waals surface area contributed by atoms with Gasteiger partial charge in [0.15, 0.2) is 0 Å². The normalized spacial score (nSPS) is 10.7. The minimum atomic E-state index is -0.0488. The number of pyridine rings is 1. The number of hydrogen-bond acceptors (Lipinski definition) is 2. The second-order valence-electron chi connectivity index (χ2n) is 5.07. The standard InChI is InChI=1S/C17H17N3O/c1-13-4-2-3-5-14(13)6-8-19-17(21)15-7-9-20-12-18-11-16(20)10-15/h2-5,7,9-12H,6,8H2,1H3,(H,19,21). The molecule has 0 saturated heterocycles. The number of carbonyl (C=O) groups excluding carboxylic acids is 1. The number of carbonyl (C=O) groups is 1. The first-order valence-corrected chi connectivity index (χ1v) is 6.98. The summed E-state index contributed by atoms with van der Waals surface area (Å²) < 4.78 is 1.88. The number of benzene rings is 1. The molecule has 0 fully saturated rings. The molecule has 0 aliphatic rings. The van der Waals surface area contributed by atoms with Gasteiger partial charge >= 0.3 is 0 Å². The first kappa shape index (κ1) is 13.4. The third-order valence-corrected chi connectivity index (χ3v) is 3.62. The fourth-order valence-corrected chi connectivity index (χ4v) is 2.36. The molecule has 2 heterocycles. The smallest absolute Gasteiger partial charge is 0.251 e. The van der Waals surface area contributed by atoms with Crippen molar-refractivity contribution in [2.75, 3.05) is 6.54 Å². The predicted molar refractivity (Wildman–Crippen MR) is 82.4 cm³/mol. The van der Waals surface area contributed by atoms with Crippen molar-refractivity contribution in [1.82, 2.24) is 14.7 Å². The summed E-state index contributed by atoms with van der Waals surface area (Å²) in [5.41, 5.74) is 4.10. The molecule has 0 saturated carbocycles. The van der Waals surface area contributed by atoms with E-state index in [0.717, 1.165) is 11.9 Å². The van der Waals surface area contributed by atoms with Crippen LogP contribution >= 0.6 is 0 Å². The Morgan fingerprint density at radius 2 is 2.14 bits per heavy atom. The van der Waals surface area contributed by atoms with Crippen molar-refractivity contribution in [2.24, 2.45) is 0 Å². The van der Waals surface area contributed by atoms with E-state index in [4.69, 9.17) is 0 Å². The van der Waals surface area contributed by atoms with Gasteiger partial charge in [0.25, 0.3) is 5.91 Å². The van der Waals surface area contributed by atoms with Gasteiger partial charge in [-0.15, -0.1) is 0 Å². The Bertz CT molecular complexity index is 776. The summed E-state index contributed by atoms with van der Waals surface area (Å²) in [6, 6.07) is 11.9. The highest BCUT2D eigenvalue weighted by Gasteiger charge is 2.06. The van der Waals surface area contributed by atoms with Crippen LogP contribution in [0.5, 0.6) is 0 Å². The minimum absolute atomic E-state index is 0.0488. The maximum atomic E-state index is 12.1. The van der Waals surface area contributed by atoms with Gasteiger partial charge in [-0.05, 0) is 36.6 Å². The average Bonchev–Trinajstić information content (AvgIpc) is 2.96. The molecule has 3 rings (SSSR count). The summed E-state index contributed by atoms with van der Waals surface area (Å²) in [7, 11) is 0. The third kappa shape index (κ3) is 2.94. The van der Waals surface area contributed by atoms with E-state index in [2.05, 4.69) is 29.4 Å². The highest BCUT2D eigenvalue weighted by atomic mass is 16.1. The maximum Gasteiger partial charge on any atom is 0.251 e. The Balaban J connectivity index is 1.62. The molecule has 0 radical (unpaired) electrons. The number of hydrogen-bond donors (Lipinski definition) is 1. The van der Waals surface area contributed by atoms with Crippen molar-refractivity contribution < 1.29 is 4.79 Å². The summed E-state index contributed by atoms with van der Waals surface area (Å²) in [4.78, 5) is 16.2. The quantitative estimate of drug-likeness (QED) is 0.798. The first-order valence-electron chi connectivity index (χ1n) is 6.98. The molecule has 2 aromatic heterocycles. The lowest BCUT2D eigenvalue weighted by molar-refractivity contribution is 0.0954. The molecule has 0 aliphatic heterocycles. The SMILES string of the molecule is Cc1ccccc1CCNC(=O)c1ccn2cncc2c1. The molecule has 0 unspecified atom stereocenters. The summed E-state index contributed by atoms with van der Waals surface area (Å²) in [6.07, 6.45) is 6.14. The molecule has 0 aliphatic carbocycles. The molecule has 4 heteroatoms. The van der Waals surface area contributed by atoms with Crippen LogP contribution in [0.3, 0.4) is 0 Å². The number of amides is 1. The van der Waals surface area contributed by atoms with Crippen LogP contribution in [-0.2, 0) is 6.42 Å². The number of aryl methyl sites for hydroxylation is 1. The van der Waals surface area contributed by atoms with Gasteiger partial charge in [0.05, 0.1) is 18.0 Å². The number of imidazole rings is 1. The Morgan fingerprint density at radius 3 is 3.00 bits per heavy atom. The zero-order chi connectivity index (χ0) is 14.7. The van der Waals surface area contributed by atoms with Gasteiger partial charge in [0.1, 0.15) is 0 Å².